The summed E-state index contributed by atoms with van der Waals surface area (Å²) in [5.74, 6) is 5.65. The predicted molar refractivity (Wildman–Crippen MR) is 69.7 cm³/mol. The van der Waals surface area contributed by atoms with Gasteiger partial charge in [-0.15, -0.1) is 5.10 Å². The van der Waals surface area contributed by atoms with E-state index in [-0.39, 0.29) is 6.04 Å². The molecule has 1 aromatic carbocycles. The third kappa shape index (κ3) is 2.36. The van der Waals surface area contributed by atoms with Gasteiger partial charge in [0.2, 0.25) is 0 Å². The first-order chi connectivity index (χ1) is 8.13. The van der Waals surface area contributed by atoms with E-state index in [1.165, 1.54) is 22.7 Å². The molecule has 17 heavy (non-hydrogen) atoms. The molecule has 2 aromatic rings. The van der Waals surface area contributed by atoms with Crippen LogP contribution in [0.2, 0.25) is 0 Å². The lowest BCUT2D eigenvalue weighted by Crippen LogP contribution is -2.28. The monoisotopic (exact) mass is 248 g/mol. The van der Waals surface area contributed by atoms with Gasteiger partial charge in [0, 0.05) is 0 Å². The van der Waals surface area contributed by atoms with Crippen LogP contribution in [0.25, 0.3) is 0 Å². The van der Waals surface area contributed by atoms with Crippen molar-refractivity contribution in [2.24, 2.45) is 5.84 Å². The number of nitrogens with zero attached hydrogens (tertiary/aromatic N) is 2. The minimum atomic E-state index is -0.0331. The second-order valence-electron chi connectivity index (χ2n) is 4.17. The summed E-state index contributed by atoms with van der Waals surface area (Å²) in [5.41, 5.74) is 7.45. The summed E-state index contributed by atoms with van der Waals surface area (Å²) in [5, 5.41) is 4.02. The number of hydrazine groups is 1. The van der Waals surface area contributed by atoms with E-state index in [4.69, 9.17) is 5.84 Å². The van der Waals surface area contributed by atoms with Crippen molar-refractivity contribution in [1.29, 1.82) is 0 Å². The first-order valence-corrected chi connectivity index (χ1v) is 6.23. The fourth-order valence-corrected chi connectivity index (χ4v) is 2.50. The van der Waals surface area contributed by atoms with Gasteiger partial charge in [-0.25, -0.2) is 5.43 Å². The molecule has 0 aliphatic heterocycles. The highest BCUT2D eigenvalue weighted by atomic mass is 32.1. The zero-order chi connectivity index (χ0) is 12.4. The topological polar surface area (TPSA) is 63.8 Å². The maximum Gasteiger partial charge on any atom is 0.0837 e. The molecule has 1 heterocycles. The third-order valence-electron chi connectivity index (χ3n) is 2.98. The van der Waals surface area contributed by atoms with Gasteiger partial charge in [0.15, 0.2) is 0 Å². The predicted octanol–water partition coefficient (Wildman–Crippen LogP) is 2.02. The van der Waals surface area contributed by atoms with Gasteiger partial charge >= 0.3 is 0 Å². The van der Waals surface area contributed by atoms with Crippen LogP contribution in [0.4, 0.5) is 0 Å². The third-order valence-corrected chi connectivity index (χ3v) is 3.87. The summed E-state index contributed by atoms with van der Waals surface area (Å²) in [6.07, 6.45) is 0. The van der Waals surface area contributed by atoms with E-state index in [2.05, 4.69) is 47.1 Å². The van der Waals surface area contributed by atoms with Crippen LogP contribution < -0.4 is 11.3 Å². The van der Waals surface area contributed by atoms with Gasteiger partial charge in [-0.3, -0.25) is 5.84 Å². The number of aryl methyl sites for hydroxylation is 3. The summed E-state index contributed by atoms with van der Waals surface area (Å²) in [6.45, 7) is 6.15. The molecule has 0 spiro atoms. The molecule has 0 aliphatic carbocycles. The van der Waals surface area contributed by atoms with Crippen molar-refractivity contribution in [3.8, 4) is 0 Å². The summed E-state index contributed by atoms with van der Waals surface area (Å²) < 4.78 is 3.95. The molecule has 0 amide bonds. The van der Waals surface area contributed by atoms with Crippen LogP contribution in [0.1, 0.15) is 33.3 Å². The molecular formula is C12H16N4S. The highest BCUT2D eigenvalue weighted by Gasteiger charge is 2.18. The fraction of sp³-hybridized carbons (Fsp3) is 0.333. The molecule has 4 nitrogen and oxygen atoms in total. The SMILES string of the molecule is Cc1ccc(C(NN)c2snnc2C)cc1C. The van der Waals surface area contributed by atoms with Crippen LogP contribution in [0.15, 0.2) is 18.2 Å². The Labute approximate surface area is 105 Å². The van der Waals surface area contributed by atoms with E-state index >= 15 is 0 Å². The molecule has 0 bridgehead atoms. The fourth-order valence-electron chi connectivity index (χ4n) is 1.77. The zero-order valence-corrected chi connectivity index (χ0v) is 11.0. The molecule has 0 aliphatic rings. The number of nitrogens with two attached hydrogens (primary N) is 1. The van der Waals surface area contributed by atoms with Crippen molar-refractivity contribution in [2.45, 2.75) is 26.8 Å². The second kappa shape index (κ2) is 4.91. The molecule has 0 saturated carbocycles. The first kappa shape index (κ1) is 12.2. The maximum absolute atomic E-state index is 5.65. The maximum atomic E-state index is 5.65. The molecule has 90 valence electrons. The van der Waals surface area contributed by atoms with Gasteiger partial charge in [-0.1, -0.05) is 22.7 Å². The lowest BCUT2D eigenvalue weighted by molar-refractivity contribution is 0.641. The van der Waals surface area contributed by atoms with E-state index in [0.717, 1.165) is 16.1 Å². The van der Waals surface area contributed by atoms with Gasteiger partial charge < -0.3 is 0 Å². The molecule has 2 rings (SSSR count). The van der Waals surface area contributed by atoms with Crippen molar-refractivity contribution in [3.63, 3.8) is 0 Å². The Balaban J connectivity index is 2.42. The van der Waals surface area contributed by atoms with E-state index < -0.39 is 0 Å². The Morgan fingerprint density at radius 2 is 2.00 bits per heavy atom. The van der Waals surface area contributed by atoms with Crippen LogP contribution in [0.3, 0.4) is 0 Å². The van der Waals surface area contributed by atoms with Crippen molar-refractivity contribution in [1.82, 2.24) is 15.0 Å². The number of benzene rings is 1. The highest BCUT2D eigenvalue weighted by molar-refractivity contribution is 7.05. The van der Waals surface area contributed by atoms with Crippen LogP contribution >= 0.6 is 11.5 Å². The molecule has 5 heteroatoms. The zero-order valence-electron chi connectivity index (χ0n) is 10.2. The Morgan fingerprint density at radius 1 is 1.24 bits per heavy atom. The summed E-state index contributed by atoms with van der Waals surface area (Å²) >= 11 is 1.38. The smallest absolute Gasteiger partial charge is 0.0837 e. The van der Waals surface area contributed by atoms with Gasteiger partial charge in [0.25, 0.3) is 0 Å². The van der Waals surface area contributed by atoms with Gasteiger partial charge in [0.1, 0.15) is 0 Å². The normalized spacial score (nSPS) is 12.7. The van der Waals surface area contributed by atoms with Crippen molar-refractivity contribution in [3.05, 3.63) is 45.5 Å². The minimum Gasteiger partial charge on any atom is -0.271 e. The van der Waals surface area contributed by atoms with E-state index in [9.17, 15) is 0 Å². The molecule has 1 unspecified atom stereocenters. The van der Waals surface area contributed by atoms with Crippen LogP contribution in [0, 0.1) is 20.8 Å². The van der Waals surface area contributed by atoms with Crippen molar-refractivity contribution >= 4 is 11.5 Å². The van der Waals surface area contributed by atoms with Gasteiger partial charge in [0.05, 0.1) is 16.6 Å². The van der Waals surface area contributed by atoms with Crippen LogP contribution in [-0.4, -0.2) is 9.59 Å². The van der Waals surface area contributed by atoms with E-state index in [1.807, 2.05) is 6.92 Å². The molecule has 0 radical (unpaired) electrons. The number of nitrogens with one attached hydrogen (secondary N) is 1. The quantitative estimate of drug-likeness (QED) is 0.644. The molecule has 1 aromatic heterocycles. The average molecular weight is 248 g/mol. The molecule has 1 atom stereocenters. The van der Waals surface area contributed by atoms with Gasteiger partial charge in [-0.05, 0) is 49.0 Å². The standard InChI is InChI=1S/C12H16N4S/c1-7-4-5-10(6-8(7)2)11(14-13)12-9(3)15-16-17-12/h4-6,11,14H,13H2,1-3H3. The Hall–Kier alpha value is -1.30. The van der Waals surface area contributed by atoms with Crippen molar-refractivity contribution < 1.29 is 0 Å². The minimum absolute atomic E-state index is 0.0331. The van der Waals surface area contributed by atoms with E-state index in [1.54, 1.807) is 0 Å². The number of rotatable bonds is 3. The Kier molecular flexibility index (Phi) is 3.51. The Morgan fingerprint density at radius 3 is 2.53 bits per heavy atom. The number of aromatic nitrogens is 2. The number of hydrogen-bond acceptors (Lipinski definition) is 5. The Bertz CT molecular complexity index is 521. The summed E-state index contributed by atoms with van der Waals surface area (Å²) in [4.78, 5) is 1.07. The summed E-state index contributed by atoms with van der Waals surface area (Å²) in [6, 6.07) is 6.32. The molecule has 0 fully saturated rings. The first-order valence-electron chi connectivity index (χ1n) is 5.45. The van der Waals surface area contributed by atoms with Crippen LogP contribution in [0.5, 0.6) is 0 Å². The van der Waals surface area contributed by atoms with Crippen molar-refractivity contribution in [2.75, 3.05) is 0 Å². The largest absolute Gasteiger partial charge is 0.271 e. The highest BCUT2D eigenvalue weighted by Crippen LogP contribution is 2.27. The molecule has 0 saturated heterocycles. The number of hydrogen-bond donors (Lipinski definition) is 2. The van der Waals surface area contributed by atoms with E-state index in [0.29, 0.717) is 0 Å². The summed E-state index contributed by atoms with van der Waals surface area (Å²) in [7, 11) is 0. The molecular weight excluding hydrogens is 232 g/mol. The lowest BCUT2D eigenvalue weighted by Gasteiger charge is -2.16. The lowest BCUT2D eigenvalue weighted by atomic mass is 10.00. The second-order valence-corrected chi connectivity index (χ2v) is 4.95. The van der Waals surface area contributed by atoms with Gasteiger partial charge in [-0.2, -0.15) is 0 Å². The van der Waals surface area contributed by atoms with Crippen LogP contribution in [-0.2, 0) is 0 Å². The molecule has 3 N–H and O–H groups in total. The average Bonchev–Trinajstić information content (AvgIpc) is 2.71.